The maximum absolute atomic E-state index is 11.2. The lowest BCUT2D eigenvalue weighted by Crippen LogP contribution is -2.09. The van der Waals surface area contributed by atoms with Crippen LogP contribution in [-0.4, -0.2) is 24.8 Å². The van der Waals surface area contributed by atoms with E-state index in [4.69, 9.17) is 4.52 Å². The Labute approximate surface area is 125 Å². The lowest BCUT2D eigenvalue weighted by molar-refractivity contribution is 0.432. The van der Waals surface area contributed by atoms with Crippen LogP contribution in [0.5, 0.6) is 0 Å². The summed E-state index contributed by atoms with van der Waals surface area (Å²) in [6, 6.07) is 8.70. The number of sulfonamides is 1. The van der Waals surface area contributed by atoms with Gasteiger partial charge in [-0.1, -0.05) is 11.2 Å². The van der Waals surface area contributed by atoms with E-state index in [0.717, 1.165) is 11.8 Å². The smallest absolute Gasteiger partial charge is 0.258 e. The van der Waals surface area contributed by atoms with Crippen molar-refractivity contribution in [2.24, 2.45) is 0 Å². The van der Waals surface area contributed by atoms with Gasteiger partial charge in [0.2, 0.25) is 15.8 Å². The predicted octanol–water partition coefficient (Wildman–Crippen LogP) is 2.84. The zero-order valence-electron chi connectivity index (χ0n) is 11.0. The molecule has 0 spiro atoms. The van der Waals surface area contributed by atoms with Gasteiger partial charge in [0, 0.05) is 22.2 Å². The summed E-state index contributed by atoms with van der Waals surface area (Å²) in [6.07, 6.45) is 1.10. The summed E-state index contributed by atoms with van der Waals surface area (Å²) < 4.78 is 30.1. The van der Waals surface area contributed by atoms with Crippen molar-refractivity contribution in [1.29, 1.82) is 0 Å². The Morgan fingerprint density at radius 3 is 2.81 bits per heavy atom. The monoisotopic (exact) mass is 321 g/mol. The number of nitrogens with zero attached hydrogens (tertiary/aromatic N) is 2. The minimum absolute atomic E-state index is 0.341. The molecule has 0 atom stereocenters. The summed E-state index contributed by atoms with van der Waals surface area (Å²) >= 11 is 1.55. The Bertz CT molecular complexity index is 854. The molecule has 0 aliphatic carbocycles. The zero-order valence-corrected chi connectivity index (χ0v) is 12.6. The van der Waals surface area contributed by atoms with E-state index in [0.29, 0.717) is 23.0 Å². The van der Waals surface area contributed by atoms with Gasteiger partial charge in [-0.25, -0.2) is 8.42 Å². The first-order valence-corrected chi connectivity index (χ1v) is 8.79. The van der Waals surface area contributed by atoms with E-state index in [1.54, 1.807) is 35.6 Å². The summed E-state index contributed by atoms with van der Waals surface area (Å²) in [4.78, 5) is 4.31. The minimum atomic E-state index is -3.32. The highest BCUT2D eigenvalue weighted by Gasteiger charge is 2.12. The molecule has 1 N–H and O–H groups in total. The third kappa shape index (κ3) is 3.29. The van der Waals surface area contributed by atoms with Crippen LogP contribution in [0, 0.1) is 0 Å². The molecule has 0 bridgehead atoms. The summed E-state index contributed by atoms with van der Waals surface area (Å²) in [5.74, 6) is 0.848. The number of benzene rings is 1. The van der Waals surface area contributed by atoms with Crippen molar-refractivity contribution < 1.29 is 12.9 Å². The zero-order chi connectivity index (χ0) is 14.9. The number of thiophene rings is 1. The molecule has 0 amide bonds. The van der Waals surface area contributed by atoms with Gasteiger partial charge in [0.05, 0.1) is 6.26 Å². The van der Waals surface area contributed by atoms with Crippen LogP contribution in [0.2, 0.25) is 0 Å². The van der Waals surface area contributed by atoms with Gasteiger partial charge in [0.1, 0.15) is 0 Å². The summed E-state index contributed by atoms with van der Waals surface area (Å²) in [7, 11) is -3.32. The van der Waals surface area contributed by atoms with Crippen LogP contribution in [-0.2, 0) is 10.0 Å². The molecule has 0 radical (unpaired) electrons. The molecule has 0 fully saturated rings. The van der Waals surface area contributed by atoms with E-state index in [1.807, 2.05) is 16.8 Å². The molecule has 0 saturated carbocycles. The minimum Gasteiger partial charge on any atom is -0.334 e. The number of rotatable bonds is 4. The van der Waals surface area contributed by atoms with E-state index in [2.05, 4.69) is 14.9 Å². The Morgan fingerprint density at radius 2 is 2.10 bits per heavy atom. The topological polar surface area (TPSA) is 85.1 Å². The van der Waals surface area contributed by atoms with Gasteiger partial charge in [0.15, 0.2) is 0 Å². The van der Waals surface area contributed by atoms with Crippen LogP contribution in [0.15, 0.2) is 45.6 Å². The highest BCUT2D eigenvalue weighted by Crippen LogP contribution is 2.25. The molecule has 21 heavy (non-hydrogen) atoms. The van der Waals surface area contributed by atoms with Crippen molar-refractivity contribution in [1.82, 2.24) is 10.1 Å². The molecular formula is C13H11N3O3S2. The van der Waals surface area contributed by atoms with Crippen molar-refractivity contribution in [2.75, 3.05) is 11.0 Å². The van der Waals surface area contributed by atoms with Crippen LogP contribution < -0.4 is 4.72 Å². The molecule has 0 saturated heterocycles. The normalized spacial score (nSPS) is 11.5. The fourth-order valence-electron chi connectivity index (χ4n) is 1.78. The number of aromatic nitrogens is 2. The molecule has 2 heterocycles. The predicted molar refractivity (Wildman–Crippen MR) is 81.5 cm³/mol. The average molecular weight is 321 g/mol. The maximum atomic E-state index is 11.2. The molecule has 6 nitrogen and oxygen atoms in total. The van der Waals surface area contributed by atoms with Crippen LogP contribution >= 0.6 is 11.3 Å². The number of hydrogen-bond donors (Lipinski definition) is 1. The molecule has 1 aromatic carbocycles. The van der Waals surface area contributed by atoms with Crippen molar-refractivity contribution >= 4 is 27.0 Å². The van der Waals surface area contributed by atoms with Gasteiger partial charge < -0.3 is 4.52 Å². The fourth-order valence-corrected chi connectivity index (χ4v) is 2.97. The van der Waals surface area contributed by atoms with Gasteiger partial charge in [-0.2, -0.15) is 16.3 Å². The standard InChI is InChI=1S/C13H11N3O3S2/c1-21(17,18)16-11-4-2-3-9(7-11)13-14-12(15-19-13)10-5-6-20-8-10/h2-8,16H,1H3. The maximum Gasteiger partial charge on any atom is 0.258 e. The van der Waals surface area contributed by atoms with Crippen molar-refractivity contribution in [3.05, 3.63) is 41.1 Å². The third-order valence-electron chi connectivity index (χ3n) is 2.62. The van der Waals surface area contributed by atoms with Crippen molar-refractivity contribution in [2.45, 2.75) is 0 Å². The van der Waals surface area contributed by atoms with Crippen LogP contribution in [0.4, 0.5) is 5.69 Å². The summed E-state index contributed by atoms with van der Waals surface area (Å²) in [5.41, 5.74) is 1.99. The van der Waals surface area contributed by atoms with Gasteiger partial charge in [-0.05, 0) is 29.6 Å². The van der Waals surface area contributed by atoms with Gasteiger partial charge in [-0.3, -0.25) is 4.72 Å². The van der Waals surface area contributed by atoms with Crippen molar-refractivity contribution in [3.8, 4) is 22.8 Å². The SMILES string of the molecule is CS(=O)(=O)Nc1cccc(-c2nc(-c3ccsc3)no2)c1. The molecule has 3 rings (SSSR count). The average Bonchev–Trinajstić information content (AvgIpc) is 3.08. The second-order valence-corrected chi connectivity index (χ2v) is 6.92. The number of hydrogen-bond acceptors (Lipinski definition) is 6. The molecule has 0 aliphatic rings. The van der Waals surface area contributed by atoms with E-state index in [1.165, 1.54) is 0 Å². The highest BCUT2D eigenvalue weighted by molar-refractivity contribution is 7.92. The first-order chi connectivity index (χ1) is 10.0. The van der Waals surface area contributed by atoms with Gasteiger partial charge in [-0.15, -0.1) is 0 Å². The third-order valence-corrected chi connectivity index (χ3v) is 3.91. The van der Waals surface area contributed by atoms with Crippen molar-refractivity contribution in [3.63, 3.8) is 0 Å². The second-order valence-electron chi connectivity index (χ2n) is 4.39. The van der Waals surface area contributed by atoms with E-state index < -0.39 is 10.0 Å². The Balaban J connectivity index is 1.92. The quantitative estimate of drug-likeness (QED) is 0.798. The largest absolute Gasteiger partial charge is 0.334 e. The molecule has 8 heteroatoms. The second kappa shape index (κ2) is 5.30. The molecule has 2 aromatic heterocycles. The summed E-state index contributed by atoms with van der Waals surface area (Å²) in [6.45, 7) is 0. The van der Waals surface area contributed by atoms with Crippen LogP contribution in [0.25, 0.3) is 22.8 Å². The Kier molecular flexibility index (Phi) is 3.48. The molecule has 3 aromatic rings. The first-order valence-electron chi connectivity index (χ1n) is 5.96. The Morgan fingerprint density at radius 1 is 1.24 bits per heavy atom. The molecule has 0 unspecified atom stereocenters. The Hall–Kier alpha value is -2.19. The fraction of sp³-hybridized carbons (Fsp3) is 0.0769. The van der Waals surface area contributed by atoms with E-state index in [9.17, 15) is 8.42 Å². The molecule has 108 valence electrons. The molecular weight excluding hydrogens is 310 g/mol. The van der Waals surface area contributed by atoms with Crippen LogP contribution in [0.3, 0.4) is 0 Å². The first kappa shape index (κ1) is 13.8. The lowest BCUT2D eigenvalue weighted by atomic mass is 10.2. The van der Waals surface area contributed by atoms with E-state index in [-0.39, 0.29) is 0 Å². The van der Waals surface area contributed by atoms with Gasteiger partial charge in [0.25, 0.3) is 5.89 Å². The lowest BCUT2D eigenvalue weighted by Gasteiger charge is -2.04. The highest BCUT2D eigenvalue weighted by atomic mass is 32.2. The number of anilines is 1. The summed E-state index contributed by atoms with van der Waals surface area (Å²) in [5, 5.41) is 7.78. The van der Waals surface area contributed by atoms with E-state index >= 15 is 0 Å². The van der Waals surface area contributed by atoms with Gasteiger partial charge >= 0.3 is 0 Å². The molecule has 0 aliphatic heterocycles. The van der Waals surface area contributed by atoms with Crippen LogP contribution in [0.1, 0.15) is 0 Å². The number of nitrogens with one attached hydrogen (secondary N) is 1.